The molecule has 0 radical (unpaired) electrons. The maximum atomic E-state index is 9.96. The van der Waals surface area contributed by atoms with Crippen molar-refractivity contribution in [1.82, 2.24) is 20.1 Å². The van der Waals surface area contributed by atoms with Crippen molar-refractivity contribution in [2.75, 3.05) is 11.1 Å². The minimum atomic E-state index is -1.12. The van der Waals surface area contributed by atoms with Gasteiger partial charge in [-0.3, -0.25) is 0 Å². The zero-order chi connectivity index (χ0) is 15.7. The first-order valence-corrected chi connectivity index (χ1v) is 8.18. The number of nitrogens with zero attached hydrogens (tertiary/aromatic N) is 4. The number of fused-ring (bicyclic) bond motifs is 1. The summed E-state index contributed by atoms with van der Waals surface area (Å²) >= 11 is 2.66. The van der Waals surface area contributed by atoms with E-state index >= 15 is 0 Å². The Hall–Kier alpha value is -1.91. The SMILES string of the molecule is CC(C)(O)Nc1nc(SCc2ccno2)nc2nc(N)sc12. The molecule has 3 rings (SSSR count). The summed E-state index contributed by atoms with van der Waals surface area (Å²) in [5.41, 5.74) is 5.13. The van der Waals surface area contributed by atoms with E-state index in [0.717, 1.165) is 5.76 Å². The first-order chi connectivity index (χ1) is 10.4. The lowest BCUT2D eigenvalue weighted by molar-refractivity contribution is 0.111. The molecule has 3 aromatic heterocycles. The molecule has 3 aromatic rings. The standard InChI is InChI=1S/C12H14N6O2S2/c1-12(2,19)18-9-7-8(15-10(13)22-7)16-11(17-9)21-5-6-3-4-14-20-6/h3-4,19H,5H2,1-2H3,(H3,13,15,16,17,18). The summed E-state index contributed by atoms with van der Waals surface area (Å²) in [7, 11) is 0. The average molecular weight is 338 g/mol. The lowest BCUT2D eigenvalue weighted by atomic mass is 10.3. The number of thioether (sulfide) groups is 1. The van der Waals surface area contributed by atoms with Crippen LogP contribution in [-0.2, 0) is 5.75 Å². The fourth-order valence-corrected chi connectivity index (χ4v) is 3.16. The smallest absolute Gasteiger partial charge is 0.192 e. The number of hydrogen-bond acceptors (Lipinski definition) is 10. The second kappa shape index (κ2) is 5.71. The van der Waals surface area contributed by atoms with Crippen LogP contribution in [0.25, 0.3) is 10.3 Å². The number of aliphatic hydroxyl groups is 1. The highest BCUT2D eigenvalue weighted by Gasteiger charge is 2.19. The van der Waals surface area contributed by atoms with E-state index in [1.54, 1.807) is 26.1 Å². The van der Waals surface area contributed by atoms with E-state index in [-0.39, 0.29) is 0 Å². The number of nitrogens with one attached hydrogen (secondary N) is 1. The van der Waals surface area contributed by atoms with Gasteiger partial charge in [-0.25, -0.2) is 15.0 Å². The largest absolute Gasteiger partial charge is 0.375 e. The van der Waals surface area contributed by atoms with Crippen LogP contribution in [0, 0.1) is 0 Å². The van der Waals surface area contributed by atoms with E-state index in [2.05, 4.69) is 25.4 Å². The van der Waals surface area contributed by atoms with Gasteiger partial charge in [-0.2, -0.15) is 0 Å². The van der Waals surface area contributed by atoms with Gasteiger partial charge in [0.1, 0.15) is 16.2 Å². The topological polar surface area (TPSA) is 123 Å². The second-order valence-electron chi connectivity index (χ2n) is 5.01. The Balaban J connectivity index is 1.93. The maximum Gasteiger partial charge on any atom is 0.192 e. The minimum Gasteiger partial charge on any atom is -0.375 e. The number of aromatic nitrogens is 4. The molecule has 10 heteroatoms. The van der Waals surface area contributed by atoms with Gasteiger partial charge in [-0.15, -0.1) is 0 Å². The van der Waals surface area contributed by atoms with Crippen LogP contribution in [0.3, 0.4) is 0 Å². The summed E-state index contributed by atoms with van der Waals surface area (Å²) < 4.78 is 5.75. The third-order valence-corrected chi connectivity index (χ3v) is 4.26. The molecule has 0 unspecified atom stereocenters. The predicted molar refractivity (Wildman–Crippen MR) is 85.6 cm³/mol. The Bertz CT molecular complexity index is 781. The third-order valence-electron chi connectivity index (χ3n) is 2.51. The molecule has 3 heterocycles. The molecule has 0 aliphatic carbocycles. The summed E-state index contributed by atoms with van der Waals surface area (Å²) in [6.07, 6.45) is 1.59. The molecule has 8 nitrogen and oxygen atoms in total. The molecule has 0 bridgehead atoms. The maximum absolute atomic E-state index is 9.96. The lowest BCUT2D eigenvalue weighted by Gasteiger charge is -2.20. The van der Waals surface area contributed by atoms with Crippen molar-refractivity contribution in [1.29, 1.82) is 0 Å². The zero-order valence-electron chi connectivity index (χ0n) is 11.9. The molecule has 0 aliphatic heterocycles. The van der Waals surface area contributed by atoms with Crippen LogP contribution in [-0.4, -0.2) is 30.9 Å². The number of nitrogen functional groups attached to an aromatic ring is 1. The monoisotopic (exact) mass is 338 g/mol. The Labute approximate surface area is 134 Å². The molecule has 0 spiro atoms. The van der Waals surface area contributed by atoms with Gasteiger partial charge in [-0.1, -0.05) is 28.3 Å². The normalized spacial score (nSPS) is 12.0. The summed E-state index contributed by atoms with van der Waals surface area (Å²) in [6, 6.07) is 1.78. The van der Waals surface area contributed by atoms with E-state index in [4.69, 9.17) is 10.3 Å². The molecule has 0 fully saturated rings. The number of hydrogen-bond donors (Lipinski definition) is 3. The van der Waals surface area contributed by atoms with Crippen molar-refractivity contribution in [3.05, 3.63) is 18.0 Å². The highest BCUT2D eigenvalue weighted by molar-refractivity contribution is 7.98. The van der Waals surface area contributed by atoms with E-state index in [1.165, 1.54) is 23.1 Å². The highest BCUT2D eigenvalue weighted by Crippen LogP contribution is 2.32. The van der Waals surface area contributed by atoms with E-state index in [0.29, 0.717) is 32.2 Å². The molecule has 0 atom stereocenters. The van der Waals surface area contributed by atoms with Gasteiger partial charge in [0.2, 0.25) is 0 Å². The minimum absolute atomic E-state index is 0.403. The molecule has 4 N–H and O–H groups in total. The average Bonchev–Trinajstić information content (AvgIpc) is 3.02. The molecule has 0 aromatic carbocycles. The van der Waals surface area contributed by atoms with Gasteiger partial charge >= 0.3 is 0 Å². The Morgan fingerprint density at radius 3 is 2.91 bits per heavy atom. The summed E-state index contributed by atoms with van der Waals surface area (Å²) in [5.74, 6) is 1.78. The molecule has 0 saturated carbocycles. The third kappa shape index (κ3) is 3.46. The molecule has 22 heavy (non-hydrogen) atoms. The van der Waals surface area contributed by atoms with E-state index in [9.17, 15) is 5.11 Å². The van der Waals surface area contributed by atoms with Crippen molar-refractivity contribution in [2.45, 2.75) is 30.5 Å². The molecular weight excluding hydrogens is 324 g/mol. The Kier molecular flexibility index (Phi) is 3.89. The highest BCUT2D eigenvalue weighted by atomic mass is 32.2. The van der Waals surface area contributed by atoms with Crippen LogP contribution >= 0.6 is 23.1 Å². The first kappa shape index (κ1) is 15.0. The summed E-state index contributed by atoms with van der Waals surface area (Å²) in [6.45, 7) is 3.26. The first-order valence-electron chi connectivity index (χ1n) is 6.38. The summed E-state index contributed by atoms with van der Waals surface area (Å²) in [4.78, 5) is 13.0. The van der Waals surface area contributed by atoms with Crippen molar-refractivity contribution < 1.29 is 9.63 Å². The van der Waals surface area contributed by atoms with Gasteiger partial charge in [0, 0.05) is 6.07 Å². The Morgan fingerprint density at radius 2 is 2.23 bits per heavy atom. The Morgan fingerprint density at radius 1 is 1.41 bits per heavy atom. The van der Waals surface area contributed by atoms with Crippen LogP contribution < -0.4 is 11.1 Å². The fourth-order valence-electron chi connectivity index (χ4n) is 1.71. The predicted octanol–water partition coefficient (Wildman–Crippen LogP) is 2.09. The molecular formula is C12H14N6O2S2. The van der Waals surface area contributed by atoms with Crippen LogP contribution in [0.15, 0.2) is 21.9 Å². The van der Waals surface area contributed by atoms with Crippen LogP contribution in [0.5, 0.6) is 0 Å². The van der Waals surface area contributed by atoms with Gasteiger partial charge in [0.15, 0.2) is 21.8 Å². The number of anilines is 2. The van der Waals surface area contributed by atoms with E-state index in [1.807, 2.05) is 0 Å². The van der Waals surface area contributed by atoms with Gasteiger partial charge < -0.3 is 20.7 Å². The second-order valence-corrected chi connectivity index (χ2v) is 6.98. The van der Waals surface area contributed by atoms with Crippen molar-refractivity contribution in [3.8, 4) is 0 Å². The van der Waals surface area contributed by atoms with Crippen LogP contribution in [0.2, 0.25) is 0 Å². The van der Waals surface area contributed by atoms with Crippen LogP contribution in [0.4, 0.5) is 10.9 Å². The van der Waals surface area contributed by atoms with Gasteiger partial charge in [-0.05, 0) is 13.8 Å². The number of nitrogens with two attached hydrogens (primary N) is 1. The molecule has 0 aliphatic rings. The van der Waals surface area contributed by atoms with E-state index < -0.39 is 5.72 Å². The molecule has 0 saturated heterocycles. The zero-order valence-corrected chi connectivity index (χ0v) is 13.5. The van der Waals surface area contributed by atoms with Crippen LogP contribution in [0.1, 0.15) is 19.6 Å². The quantitative estimate of drug-likeness (QED) is 0.364. The fraction of sp³-hybridized carbons (Fsp3) is 0.333. The van der Waals surface area contributed by atoms with Gasteiger partial charge in [0.05, 0.1) is 11.9 Å². The van der Waals surface area contributed by atoms with Crippen molar-refractivity contribution in [3.63, 3.8) is 0 Å². The van der Waals surface area contributed by atoms with Crippen molar-refractivity contribution in [2.24, 2.45) is 0 Å². The lowest BCUT2D eigenvalue weighted by Crippen LogP contribution is -2.30. The molecule has 0 amide bonds. The van der Waals surface area contributed by atoms with Crippen molar-refractivity contribution >= 4 is 44.4 Å². The molecule has 116 valence electrons. The number of rotatable bonds is 5. The van der Waals surface area contributed by atoms with Gasteiger partial charge in [0.25, 0.3) is 0 Å². The number of thiazole rings is 1. The summed E-state index contributed by atoms with van der Waals surface area (Å²) in [5, 5.41) is 17.5.